The second-order valence-electron chi connectivity index (χ2n) is 7.88. The maximum atomic E-state index is 12.7. The molecule has 3 fully saturated rings. The molecule has 1 aliphatic carbocycles. The number of hydrogen-bond donors (Lipinski definition) is 1. The molecular weight excluding hydrogens is 332 g/mol. The van der Waals surface area contributed by atoms with Crippen LogP contribution in [-0.2, 0) is 4.74 Å². The average molecular weight is 362 g/mol. The van der Waals surface area contributed by atoms with Gasteiger partial charge in [-0.15, -0.1) is 5.10 Å². The van der Waals surface area contributed by atoms with E-state index in [1.54, 1.807) is 0 Å². The summed E-state index contributed by atoms with van der Waals surface area (Å²) in [5.74, 6) is 0.000488. The molecule has 1 atom stereocenters. The molecule has 1 aromatic heterocycles. The Hall–Kier alpha value is -1.51. The van der Waals surface area contributed by atoms with Gasteiger partial charge in [-0.1, -0.05) is 5.21 Å². The van der Waals surface area contributed by atoms with Crippen molar-refractivity contribution in [1.82, 2.24) is 24.8 Å². The summed E-state index contributed by atoms with van der Waals surface area (Å²) in [5.41, 5.74) is 6.44. The van der Waals surface area contributed by atoms with E-state index in [4.69, 9.17) is 10.5 Å². The molecule has 0 bridgehead atoms. The lowest BCUT2D eigenvalue weighted by molar-refractivity contribution is 0.0429. The quantitative estimate of drug-likeness (QED) is 0.846. The lowest BCUT2D eigenvalue weighted by Gasteiger charge is -2.35. The van der Waals surface area contributed by atoms with Crippen LogP contribution in [0, 0.1) is 0 Å². The van der Waals surface area contributed by atoms with Crippen LogP contribution in [0.1, 0.15) is 55.1 Å². The van der Waals surface area contributed by atoms with Crippen LogP contribution in [0.2, 0.25) is 0 Å². The number of amides is 1. The maximum absolute atomic E-state index is 12.7. The van der Waals surface area contributed by atoms with E-state index in [0.717, 1.165) is 71.4 Å². The molecular formula is C18H30N6O2. The summed E-state index contributed by atoms with van der Waals surface area (Å²) in [5, 5.41) is 8.36. The van der Waals surface area contributed by atoms with Crippen LogP contribution in [-0.4, -0.2) is 82.2 Å². The predicted molar refractivity (Wildman–Crippen MR) is 96.8 cm³/mol. The highest BCUT2D eigenvalue weighted by atomic mass is 16.5. The first-order valence-electron chi connectivity index (χ1n) is 9.99. The number of aromatic nitrogens is 3. The Morgan fingerprint density at radius 1 is 1.15 bits per heavy atom. The normalized spacial score (nSPS) is 30.7. The number of rotatable bonds is 4. The molecule has 8 heteroatoms. The number of carbonyl (C=O) groups excluding carboxylic acids is 1. The van der Waals surface area contributed by atoms with Crippen molar-refractivity contribution < 1.29 is 9.53 Å². The molecule has 0 spiro atoms. The highest BCUT2D eigenvalue weighted by molar-refractivity contribution is 5.92. The summed E-state index contributed by atoms with van der Waals surface area (Å²) in [7, 11) is 0. The van der Waals surface area contributed by atoms with Crippen LogP contribution in [0.4, 0.5) is 0 Å². The van der Waals surface area contributed by atoms with Crippen LogP contribution >= 0.6 is 0 Å². The summed E-state index contributed by atoms with van der Waals surface area (Å²) in [6.07, 6.45) is 8.59. The first kappa shape index (κ1) is 17.9. The third kappa shape index (κ3) is 4.07. The van der Waals surface area contributed by atoms with Crippen molar-refractivity contribution in [2.45, 2.75) is 56.7 Å². The molecule has 2 saturated heterocycles. The van der Waals surface area contributed by atoms with Gasteiger partial charge in [0.05, 0.1) is 18.3 Å². The Labute approximate surface area is 154 Å². The van der Waals surface area contributed by atoms with Crippen molar-refractivity contribution in [1.29, 1.82) is 0 Å². The minimum absolute atomic E-state index is 0.000488. The molecule has 144 valence electrons. The topological polar surface area (TPSA) is 89.5 Å². The monoisotopic (exact) mass is 362 g/mol. The van der Waals surface area contributed by atoms with E-state index in [1.807, 2.05) is 15.8 Å². The Morgan fingerprint density at radius 3 is 2.62 bits per heavy atom. The van der Waals surface area contributed by atoms with Gasteiger partial charge in [0, 0.05) is 45.4 Å². The molecule has 1 saturated carbocycles. The SMILES string of the molecule is NC1CCC(n2cc(C(=O)N3CCN(CC4CCCO4)CC3)nn2)CC1. The summed E-state index contributed by atoms with van der Waals surface area (Å²) in [6.45, 7) is 5.18. The van der Waals surface area contributed by atoms with Gasteiger partial charge in [-0.3, -0.25) is 9.69 Å². The third-order valence-corrected chi connectivity index (χ3v) is 5.99. The number of nitrogens with zero attached hydrogens (tertiary/aromatic N) is 5. The zero-order valence-electron chi connectivity index (χ0n) is 15.4. The first-order chi connectivity index (χ1) is 12.7. The van der Waals surface area contributed by atoms with E-state index in [-0.39, 0.29) is 5.91 Å². The van der Waals surface area contributed by atoms with E-state index in [9.17, 15) is 4.79 Å². The van der Waals surface area contributed by atoms with Crippen molar-refractivity contribution >= 4 is 5.91 Å². The largest absolute Gasteiger partial charge is 0.377 e. The van der Waals surface area contributed by atoms with E-state index < -0.39 is 0 Å². The number of carbonyl (C=O) groups is 1. The Bertz CT molecular complexity index is 599. The zero-order chi connectivity index (χ0) is 17.9. The summed E-state index contributed by atoms with van der Waals surface area (Å²) in [4.78, 5) is 17.1. The molecule has 4 rings (SSSR count). The van der Waals surface area contributed by atoms with Crippen molar-refractivity contribution in [2.75, 3.05) is 39.3 Å². The molecule has 3 aliphatic rings. The van der Waals surface area contributed by atoms with Crippen LogP contribution in [0.5, 0.6) is 0 Å². The van der Waals surface area contributed by atoms with Crippen molar-refractivity contribution in [3.05, 3.63) is 11.9 Å². The van der Waals surface area contributed by atoms with Gasteiger partial charge in [0.1, 0.15) is 0 Å². The lowest BCUT2D eigenvalue weighted by atomic mass is 9.92. The number of nitrogens with two attached hydrogens (primary N) is 1. The molecule has 2 N–H and O–H groups in total. The fourth-order valence-corrected chi connectivity index (χ4v) is 4.29. The van der Waals surface area contributed by atoms with Crippen molar-refractivity contribution in [2.24, 2.45) is 5.73 Å². The van der Waals surface area contributed by atoms with Gasteiger partial charge in [-0.05, 0) is 38.5 Å². The minimum Gasteiger partial charge on any atom is -0.377 e. The summed E-state index contributed by atoms with van der Waals surface area (Å²) >= 11 is 0. The number of ether oxygens (including phenoxy) is 1. The maximum Gasteiger partial charge on any atom is 0.276 e. The molecule has 2 aliphatic heterocycles. The standard InChI is InChI=1S/C18H30N6O2/c19-14-3-5-15(6-4-14)24-13-17(20-21-24)18(25)23-9-7-22(8-10-23)12-16-2-1-11-26-16/h13-16H,1-12,19H2. The van der Waals surface area contributed by atoms with E-state index in [1.165, 1.54) is 6.42 Å². The molecule has 1 aromatic rings. The van der Waals surface area contributed by atoms with E-state index in [0.29, 0.717) is 23.9 Å². The van der Waals surface area contributed by atoms with E-state index >= 15 is 0 Å². The highest BCUT2D eigenvalue weighted by Gasteiger charge is 2.28. The van der Waals surface area contributed by atoms with E-state index in [2.05, 4.69) is 15.2 Å². The Kier molecular flexibility index (Phi) is 5.52. The lowest BCUT2D eigenvalue weighted by Crippen LogP contribution is -2.50. The minimum atomic E-state index is 0.000488. The predicted octanol–water partition coefficient (Wildman–Crippen LogP) is 0.657. The van der Waals surface area contributed by atoms with Gasteiger partial charge >= 0.3 is 0 Å². The van der Waals surface area contributed by atoms with Gasteiger partial charge < -0.3 is 15.4 Å². The van der Waals surface area contributed by atoms with Gasteiger partial charge in [-0.2, -0.15) is 0 Å². The fraction of sp³-hybridized carbons (Fsp3) is 0.833. The molecule has 26 heavy (non-hydrogen) atoms. The van der Waals surface area contributed by atoms with Crippen LogP contribution in [0.15, 0.2) is 6.20 Å². The molecule has 0 aromatic carbocycles. The summed E-state index contributed by atoms with van der Waals surface area (Å²) in [6, 6.07) is 0.633. The van der Waals surface area contributed by atoms with Crippen LogP contribution in [0.3, 0.4) is 0 Å². The van der Waals surface area contributed by atoms with Gasteiger partial charge in [0.25, 0.3) is 5.91 Å². The fourth-order valence-electron chi connectivity index (χ4n) is 4.29. The summed E-state index contributed by atoms with van der Waals surface area (Å²) < 4.78 is 7.58. The molecule has 1 unspecified atom stereocenters. The molecule has 8 nitrogen and oxygen atoms in total. The van der Waals surface area contributed by atoms with Crippen molar-refractivity contribution in [3.8, 4) is 0 Å². The third-order valence-electron chi connectivity index (χ3n) is 5.99. The Balaban J connectivity index is 1.28. The molecule has 0 radical (unpaired) electrons. The first-order valence-corrected chi connectivity index (χ1v) is 9.99. The average Bonchev–Trinajstić information content (AvgIpc) is 3.34. The number of hydrogen-bond acceptors (Lipinski definition) is 6. The smallest absolute Gasteiger partial charge is 0.276 e. The molecule has 3 heterocycles. The second kappa shape index (κ2) is 8.02. The highest BCUT2D eigenvalue weighted by Crippen LogP contribution is 2.27. The van der Waals surface area contributed by atoms with Crippen LogP contribution in [0.25, 0.3) is 0 Å². The van der Waals surface area contributed by atoms with Gasteiger partial charge in [0.2, 0.25) is 0 Å². The zero-order valence-corrected chi connectivity index (χ0v) is 15.4. The Morgan fingerprint density at radius 2 is 1.92 bits per heavy atom. The number of piperazine rings is 1. The van der Waals surface area contributed by atoms with Crippen LogP contribution < -0.4 is 5.73 Å². The van der Waals surface area contributed by atoms with Gasteiger partial charge in [0.15, 0.2) is 5.69 Å². The van der Waals surface area contributed by atoms with Crippen molar-refractivity contribution in [3.63, 3.8) is 0 Å². The molecule has 1 amide bonds. The van der Waals surface area contributed by atoms with Gasteiger partial charge in [-0.25, -0.2) is 4.68 Å². The second-order valence-corrected chi connectivity index (χ2v) is 7.88.